The smallest absolute Gasteiger partial charge is 0.317 e. The SMILES string of the molecule is O=C(O)CN1C[C@@H]2CC[C@H]1CN(C(=O)c1ccncc1)C2. The van der Waals surface area contributed by atoms with Gasteiger partial charge >= 0.3 is 5.97 Å². The van der Waals surface area contributed by atoms with Crippen molar-refractivity contribution in [3.05, 3.63) is 30.1 Å². The van der Waals surface area contributed by atoms with Gasteiger partial charge in [-0.05, 0) is 30.9 Å². The second-order valence-electron chi connectivity index (χ2n) is 5.87. The van der Waals surface area contributed by atoms with Gasteiger partial charge in [0.05, 0.1) is 6.54 Å². The van der Waals surface area contributed by atoms with Gasteiger partial charge in [0.15, 0.2) is 0 Å². The number of aromatic nitrogens is 1. The lowest BCUT2D eigenvalue weighted by Gasteiger charge is -2.34. The second kappa shape index (κ2) is 5.81. The number of amides is 1. The molecule has 1 amide bonds. The number of nitrogens with zero attached hydrogens (tertiary/aromatic N) is 3. The summed E-state index contributed by atoms with van der Waals surface area (Å²) in [5.41, 5.74) is 0.649. The maximum Gasteiger partial charge on any atom is 0.317 e. The van der Waals surface area contributed by atoms with E-state index < -0.39 is 5.97 Å². The summed E-state index contributed by atoms with van der Waals surface area (Å²) in [6, 6.07) is 3.61. The number of aliphatic carboxylic acids is 1. The lowest BCUT2D eigenvalue weighted by Crippen LogP contribution is -2.46. The van der Waals surface area contributed by atoms with E-state index in [0.29, 0.717) is 24.6 Å². The molecule has 3 saturated heterocycles. The van der Waals surface area contributed by atoms with E-state index in [1.54, 1.807) is 24.5 Å². The van der Waals surface area contributed by atoms with Crippen molar-refractivity contribution < 1.29 is 14.7 Å². The van der Waals surface area contributed by atoms with Gasteiger partial charge in [-0.1, -0.05) is 0 Å². The molecule has 6 heteroatoms. The van der Waals surface area contributed by atoms with Crippen molar-refractivity contribution in [2.75, 3.05) is 26.2 Å². The average Bonchev–Trinajstić information content (AvgIpc) is 2.78. The normalized spacial score (nSPS) is 25.6. The Morgan fingerprint density at radius 2 is 1.95 bits per heavy atom. The van der Waals surface area contributed by atoms with Crippen LogP contribution in [0.5, 0.6) is 0 Å². The van der Waals surface area contributed by atoms with Crippen molar-refractivity contribution in [2.45, 2.75) is 18.9 Å². The molecule has 0 radical (unpaired) electrons. The van der Waals surface area contributed by atoms with Crippen LogP contribution in [0.15, 0.2) is 24.5 Å². The standard InChI is InChI=1S/C15H19N3O3/c19-14(20)10-17-7-11-1-2-13(17)9-18(8-11)15(21)12-3-5-16-6-4-12/h3-6,11,13H,1-2,7-10H2,(H,19,20)/t11-,13-/m0/s1. The van der Waals surface area contributed by atoms with E-state index in [-0.39, 0.29) is 18.5 Å². The summed E-state index contributed by atoms with van der Waals surface area (Å²) in [5, 5.41) is 9.01. The Kier molecular flexibility index (Phi) is 3.88. The van der Waals surface area contributed by atoms with Crippen molar-refractivity contribution in [2.24, 2.45) is 5.92 Å². The molecule has 3 aliphatic heterocycles. The lowest BCUT2D eigenvalue weighted by atomic mass is 9.95. The molecule has 0 aliphatic carbocycles. The third-order valence-electron chi connectivity index (χ3n) is 4.38. The number of hydrogen-bond donors (Lipinski definition) is 1. The molecule has 2 bridgehead atoms. The molecule has 21 heavy (non-hydrogen) atoms. The van der Waals surface area contributed by atoms with E-state index in [1.165, 1.54) is 0 Å². The van der Waals surface area contributed by atoms with E-state index in [4.69, 9.17) is 5.11 Å². The first-order chi connectivity index (χ1) is 10.1. The number of hydrogen-bond acceptors (Lipinski definition) is 4. The van der Waals surface area contributed by atoms with Gasteiger partial charge in [0.1, 0.15) is 0 Å². The van der Waals surface area contributed by atoms with Crippen LogP contribution in [0.1, 0.15) is 23.2 Å². The fourth-order valence-corrected chi connectivity index (χ4v) is 3.39. The van der Waals surface area contributed by atoms with Gasteiger partial charge in [0.2, 0.25) is 0 Å². The van der Waals surface area contributed by atoms with Gasteiger partial charge in [0.25, 0.3) is 5.91 Å². The highest BCUT2D eigenvalue weighted by Crippen LogP contribution is 2.28. The molecule has 0 aromatic carbocycles. The van der Waals surface area contributed by atoms with Crippen molar-refractivity contribution in [1.82, 2.24) is 14.8 Å². The summed E-state index contributed by atoms with van der Waals surface area (Å²) in [5.74, 6) is -0.407. The van der Waals surface area contributed by atoms with Gasteiger partial charge in [-0.2, -0.15) is 0 Å². The summed E-state index contributed by atoms with van der Waals surface area (Å²) in [7, 11) is 0. The molecule has 1 aromatic heterocycles. The number of piperidine rings is 1. The molecule has 0 unspecified atom stereocenters. The first-order valence-corrected chi connectivity index (χ1v) is 7.28. The first-order valence-electron chi connectivity index (χ1n) is 7.28. The van der Waals surface area contributed by atoms with Crippen LogP contribution in [0.2, 0.25) is 0 Å². The van der Waals surface area contributed by atoms with Crippen LogP contribution in [0.4, 0.5) is 0 Å². The minimum Gasteiger partial charge on any atom is -0.480 e. The average molecular weight is 289 g/mol. The van der Waals surface area contributed by atoms with Crippen molar-refractivity contribution in [1.29, 1.82) is 0 Å². The molecule has 6 nitrogen and oxygen atoms in total. The largest absolute Gasteiger partial charge is 0.480 e. The number of fused-ring (bicyclic) bond motifs is 4. The number of carboxylic acid groups (broad SMARTS) is 1. The third kappa shape index (κ3) is 3.05. The van der Waals surface area contributed by atoms with Gasteiger partial charge in [0, 0.05) is 43.6 Å². The van der Waals surface area contributed by atoms with Crippen LogP contribution in [-0.2, 0) is 4.79 Å². The minimum atomic E-state index is -0.797. The second-order valence-corrected chi connectivity index (χ2v) is 5.87. The molecule has 4 heterocycles. The maximum absolute atomic E-state index is 12.6. The molecule has 4 rings (SSSR count). The fourth-order valence-electron chi connectivity index (χ4n) is 3.39. The molecule has 0 saturated carbocycles. The van der Waals surface area contributed by atoms with Gasteiger partial charge in [-0.15, -0.1) is 0 Å². The topological polar surface area (TPSA) is 73.7 Å². The van der Waals surface area contributed by atoms with E-state index in [9.17, 15) is 9.59 Å². The van der Waals surface area contributed by atoms with E-state index in [1.807, 2.05) is 9.80 Å². The van der Waals surface area contributed by atoms with E-state index >= 15 is 0 Å². The van der Waals surface area contributed by atoms with Crippen molar-refractivity contribution in [3.8, 4) is 0 Å². The molecule has 112 valence electrons. The zero-order valence-electron chi connectivity index (χ0n) is 11.8. The van der Waals surface area contributed by atoms with Crippen LogP contribution in [-0.4, -0.2) is 64.0 Å². The van der Waals surface area contributed by atoms with Gasteiger partial charge < -0.3 is 10.0 Å². The van der Waals surface area contributed by atoms with Gasteiger partial charge in [-0.25, -0.2) is 0 Å². The Balaban J connectivity index is 1.75. The van der Waals surface area contributed by atoms with Gasteiger partial charge in [-0.3, -0.25) is 19.5 Å². The Hall–Kier alpha value is -1.95. The van der Waals surface area contributed by atoms with Crippen LogP contribution in [0, 0.1) is 5.92 Å². The molecular formula is C15H19N3O3. The molecule has 3 fully saturated rings. The molecule has 3 aliphatic rings. The highest BCUT2D eigenvalue weighted by molar-refractivity contribution is 5.94. The summed E-state index contributed by atoms with van der Waals surface area (Å²) in [6.45, 7) is 2.17. The van der Waals surface area contributed by atoms with Crippen LogP contribution in [0.25, 0.3) is 0 Å². The van der Waals surface area contributed by atoms with Crippen LogP contribution < -0.4 is 0 Å². The Morgan fingerprint density at radius 3 is 2.67 bits per heavy atom. The van der Waals surface area contributed by atoms with Crippen LogP contribution in [0.3, 0.4) is 0 Å². The highest BCUT2D eigenvalue weighted by Gasteiger charge is 2.37. The zero-order valence-corrected chi connectivity index (χ0v) is 11.8. The number of carbonyl (C=O) groups excluding carboxylic acids is 1. The minimum absolute atomic E-state index is 0.0199. The molecule has 1 N–H and O–H groups in total. The summed E-state index contributed by atoms with van der Waals surface area (Å²) in [6.07, 6.45) is 5.28. The Morgan fingerprint density at radius 1 is 1.19 bits per heavy atom. The van der Waals surface area contributed by atoms with E-state index in [0.717, 1.165) is 19.4 Å². The summed E-state index contributed by atoms with van der Waals surface area (Å²) < 4.78 is 0. The summed E-state index contributed by atoms with van der Waals surface area (Å²) >= 11 is 0. The predicted molar refractivity (Wildman–Crippen MR) is 75.9 cm³/mol. The third-order valence-corrected chi connectivity index (χ3v) is 4.38. The zero-order chi connectivity index (χ0) is 14.8. The fraction of sp³-hybridized carbons (Fsp3) is 0.533. The predicted octanol–water partition coefficient (Wildman–Crippen LogP) is 0.703. The molecule has 0 spiro atoms. The lowest BCUT2D eigenvalue weighted by molar-refractivity contribution is -0.139. The molecule has 1 aromatic rings. The molecule has 2 atom stereocenters. The maximum atomic E-state index is 12.6. The number of rotatable bonds is 3. The first kappa shape index (κ1) is 14.0. The number of carboxylic acids is 1. The van der Waals surface area contributed by atoms with E-state index in [2.05, 4.69) is 4.98 Å². The number of pyridine rings is 1. The quantitative estimate of drug-likeness (QED) is 0.887. The monoisotopic (exact) mass is 289 g/mol. The summed E-state index contributed by atoms with van der Waals surface area (Å²) in [4.78, 5) is 31.3. The van der Waals surface area contributed by atoms with Crippen LogP contribution >= 0.6 is 0 Å². The number of carbonyl (C=O) groups is 2. The molecular weight excluding hydrogens is 270 g/mol. The van der Waals surface area contributed by atoms with Crippen molar-refractivity contribution in [3.63, 3.8) is 0 Å². The van der Waals surface area contributed by atoms with Crippen molar-refractivity contribution >= 4 is 11.9 Å². The highest BCUT2D eigenvalue weighted by atomic mass is 16.4. The Labute approximate surface area is 123 Å². The Bertz CT molecular complexity index is 534.